The third kappa shape index (κ3) is 2.99. The SMILES string of the molecule is Cc1cc(F)c(F)c(F)c1-c1noc(C)c1-c1ccc(S(N)(=O)=O)cc1. The second-order valence-electron chi connectivity index (χ2n) is 5.71. The van der Waals surface area contributed by atoms with Crippen molar-refractivity contribution in [1.29, 1.82) is 0 Å². The number of halogens is 3. The molecular formula is C17H13F3N2O3S. The molecule has 0 spiro atoms. The standard InChI is InChI=1S/C17H13F3N2O3S/c1-8-7-12(18)15(19)16(20)13(8)17-14(9(2)25-22-17)10-3-5-11(6-4-10)26(21,23)24/h3-7H,1-2H3,(H2,21,23,24). The van der Waals surface area contributed by atoms with Gasteiger partial charge in [-0.25, -0.2) is 26.7 Å². The van der Waals surface area contributed by atoms with E-state index in [2.05, 4.69) is 5.16 Å². The van der Waals surface area contributed by atoms with Crippen LogP contribution in [0.1, 0.15) is 11.3 Å². The lowest BCUT2D eigenvalue weighted by atomic mass is 9.96. The van der Waals surface area contributed by atoms with E-state index in [0.29, 0.717) is 16.9 Å². The van der Waals surface area contributed by atoms with Crippen LogP contribution in [0.25, 0.3) is 22.4 Å². The monoisotopic (exact) mass is 382 g/mol. The molecule has 3 rings (SSSR count). The number of primary sulfonamides is 1. The first kappa shape index (κ1) is 18.2. The zero-order chi connectivity index (χ0) is 19.2. The van der Waals surface area contributed by atoms with Gasteiger partial charge in [-0.1, -0.05) is 17.3 Å². The Kier molecular flexibility index (Phi) is 4.37. The fraction of sp³-hybridized carbons (Fsp3) is 0.118. The second-order valence-corrected chi connectivity index (χ2v) is 7.27. The van der Waals surface area contributed by atoms with Crippen molar-refractivity contribution in [2.45, 2.75) is 18.7 Å². The summed E-state index contributed by atoms with van der Waals surface area (Å²) in [4.78, 5) is -0.105. The van der Waals surface area contributed by atoms with Gasteiger partial charge in [0.05, 0.1) is 10.5 Å². The van der Waals surface area contributed by atoms with Gasteiger partial charge in [-0.3, -0.25) is 0 Å². The van der Waals surface area contributed by atoms with Gasteiger partial charge in [0.15, 0.2) is 17.5 Å². The number of hydrogen-bond acceptors (Lipinski definition) is 4. The Balaban J connectivity index is 2.22. The molecule has 2 aromatic carbocycles. The lowest BCUT2D eigenvalue weighted by Gasteiger charge is -2.09. The predicted octanol–water partition coefficient (Wildman–Crippen LogP) is 3.69. The lowest BCUT2D eigenvalue weighted by molar-refractivity contribution is 0.399. The first-order valence-corrected chi connectivity index (χ1v) is 8.90. The molecule has 136 valence electrons. The van der Waals surface area contributed by atoms with E-state index in [4.69, 9.17) is 9.66 Å². The van der Waals surface area contributed by atoms with Crippen LogP contribution in [-0.2, 0) is 10.0 Å². The largest absolute Gasteiger partial charge is 0.360 e. The maximum absolute atomic E-state index is 14.3. The Bertz CT molecular complexity index is 1110. The van der Waals surface area contributed by atoms with Crippen LogP contribution < -0.4 is 5.14 Å². The maximum Gasteiger partial charge on any atom is 0.238 e. The fourth-order valence-corrected chi connectivity index (χ4v) is 3.21. The molecule has 0 fully saturated rings. The highest BCUT2D eigenvalue weighted by atomic mass is 32.2. The molecule has 0 saturated carbocycles. The Morgan fingerprint density at radius 1 is 1.00 bits per heavy atom. The zero-order valence-electron chi connectivity index (χ0n) is 13.7. The maximum atomic E-state index is 14.3. The summed E-state index contributed by atoms with van der Waals surface area (Å²) in [5.74, 6) is -3.99. The first-order chi connectivity index (χ1) is 12.1. The van der Waals surface area contributed by atoms with Gasteiger partial charge in [0.25, 0.3) is 0 Å². The third-order valence-electron chi connectivity index (χ3n) is 3.93. The minimum atomic E-state index is -3.87. The highest BCUT2D eigenvalue weighted by Gasteiger charge is 2.25. The first-order valence-electron chi connectivity index (χ1n) is 7.35. The molecule has 0 radical (unpaired) electrons. The van der Waals surface area contributed by atoms with Crippen molar-refractivity contribution >= 4 is 10.0 Å². The molecule has 0 aliphatic rings. The molecule has 1 aromatic heterocycles. The van der Waals surface area contributed by atoms with Crippen molar-refractivity contribution in [3.05, 3.63) is 59.1 Å². The Labute approximate surface area is 147 Å². The molecule has 2 N–H and O–H groups in total. The number of aromatic nitrogens is 1. The smallest absolute Gasteiger partial charge is 0.238 e. The minimum Gasteiger partial charge on any atom is -0.360 e. The molecule has 1 heterocycles. The predicted molar refractivity (Wildman–Crippen MR) is 88.1 cm³/mol. The Hall–Kier alpha value is -2.65. The summed E-state index contributed by atoms with van der Waals surface area (Å²) < 4.78 is 69.3. The van der Waals surface area contributed by atoms with Crippen molar-refractivity contribution in [3.63, 3.8) is 0 Å². The number of aryl methyl sites for hydroxylation is 2. The third-order valence-corrected chi connectivity index (χ3v) is 4.86. The van der Waals surface area contributed by atoms with Crippen LogP contribution in [0.4, 0.5) is 13.2 Å². The summed E-state index contributed by atoms with van der Waals surface area (Å²) in [6, 6.07) is 6.29. The average Bonchev–Trinajstić information content (AvgIpc) is 2.93. The molecule has 26 heavy (non-hydrogen) atoms. The number of sulfonamides is 1. The zero-order valence-corrected chi connectivity index (χ0v) is 14.5. The quantitative estimate of drug-likeness (QED) is 0.700. The van der Waals surface area contributed by atoms with Crippen LogP contribution in [0.3, 0.4) is 0 Å². The molecule has 9 heteroatoms. The molecule has 3 aromatic rings. The van der Waals surface area contributed by atoms with Crippen LogP contribution in [-0.4, -0.2) is 13.6 Å². The number of hydrogen-bond donors (Lipinski definition) is 1. The van der Waals surface area contributed by atoms with Crippen molar-refractivity contribution in [2.24, 2.45) is 5.14 Å². The second kappa shape index (κ2) is 6.26. The molecule has 0 saturated heterocycles. The van der Waals surface area contributed by atoms with Crippen LogP contribution in [0, 0.1) is 31.3 Å². The van der Waals surface area contributed by atoms with E-state index in [0.717, 1.165) is 6.07 Å². The fourth-order valence-electron chi connectivity index (χ4n) is 2.70. The number of rotatable bonds is 3. The van der Waals surface area contributed by atoms with Gasteiger partial charge in [-0.2, -0.15) is 0 Å². The van der Waals surface area contributed by atoms with Crippen molar-refractivity contribution in [1.82, 2.24) is 5.16 Å². The normalized spacial score (nSPS) is 11.8. The van der Waals surface area contributed by atoms with E-state index in [-0.39, 0.29) is 21.7 Å². The van der Waals surface area contributed by atoms with E-state index < -0.39 is 27.5 Å². The van der Waals surface area contributed by atoms with Crippen molar-refractivity contribution < 1.29 is 26.1 Å². The summed E-state index contributed by atoms with van der Waals surface area (Å²) in [6.07, 6.45) is 0. The molecule has 0 aliphatic heterocycles. The summed E-state index contributed by atoms with van der Waals surface area (Å²) in [6.45, 7) is 2.98. The summed E-state index contributed by atoms with van der Waals surface area (Å²) in [5.41, 5.74) is 0.678. The van der Waals surface area contributed by atoms with Crippen LogP contribution in [0.5, 0.6) is 0 Å². The summed E-state index contributed by atoms with van der Waals surface area (Å²) in [5, 5.41) is 8.84. The average molecular weight is 382 g/mol. The van der Waals surface area contributed by atoms with E-state index in [1.54, 1.807) is 6.92 Å². The molecule has 0 amide bonds. The van der Waals surface area contributed by atoms with E-state index in [1.165, 1.54) is 31.2 Å². The van der Waals surface area contributed by atoms with Gasteiger partial charge in [-0.15, -0.1) is 0 Å². The van der Waals surface area contributed by atoms with E-state index >= 15 is 0 Å². The topological polar surface area (TPSA) is 86.2 Å². The summed E-state index contributed by atoms with van der Waals surface area (Å²) >= 11 is 0. The molecule has 0 aliphatic carbocycles. The molecule has 0 unspecified atom stereocenters. The van der Waals surface area contributed by atoms with Gasteiger partial charge in [0.2, 0.25) is 10.0 Å². The van der Waals surface area contributed by atoms with Crippen molar-refractivity contribution in [3.8, 4) is 22.4 Å². The Morgan fingerprint density at radius 2 is 1.62 bits per heavy atom. The van der Waals surface area contributed by atoms with E-state index in [9.17, 15) is 21.6 Å². The van der Waals surface area contributed by atoms with Gasteiger partial charge >= 0.3 is 0 Å². The van der Waals surface area contributed by atoms with Crippen LogP contribution in [0.2, 0.25) is 0 Å². The minimum absolute atomic E-state index is 0.0141. The number of nitrogens with two attached hydrogens (primary N) is 1. The Morgan fingerprint density at radius 3 is 2.19 bits per heavy atom. The number of benzene rings is 2. The number of nitrogens with zero attached hydrogens (tertiary/aromatic N) is 1. The van der Waals surface area contributed by atoms with Crippen LogP contribution in [0.15, 0.2) is 39.8 Å². The van der Waals surface area contributed by atoms with Gasteiger partial charge in [-0.05, 0) is 43.2 Å². The van der Waals surface area contributed by atoms with Crippen LogP contribution >= 0.6 is 0 Å². The highest BCUT2D eigenvalue weighted by molar-refractivity contribution is 7.89. The molecule has 5 nitrogen and oxygen atoms in total. The molecule has 0 bridgehead atoms. The van der Waals surface area contributed by atoms with Crippen molar-refractivity contribution in [2.75, 3.05) is 0 Å². The molecular weight excluding hydrogens is 369 g/mol. The van der Waals surface area contributed by atoms with Gasteiger partial charge in [0, 0.05) is 5.56 Å². The summed E-state index contributed by atoms with van der Waals surface area (Å²) in [7, 11) is -3.87. The van der Waals surface area contributed by atoms with E-state index in [1.807, 2.05) is 0 Å². The molecule has 0 atom stereocenters. The van der Waals surface area contributed by atoms with Gasteiger partial charge in [0.1, 0.15) is 11.5 Å². The van der Waals surface area contributed by atoms with Gasteiger partial charge < -0.3 is 4.52 Å². The lowest BCUT2D eigenvalue weighted by Crippen LogP contribution is -2.11. The highest BCUT2D eigenvalue weighted by Crippen LogP contribution is 2.38.